The van der Waals surface area contributed by atoms with Crippen molar-refractivity contribution in [3.05, 3.63) is 52.5 Å². The van der Waals surface area contributed by atoms with Gasteiger partial charge in [0.15, 0.2) is 0 Å². The fourth-order valence-electron chi connectivity index (χ4n) is 1.62. The van der Waals surface area contributed by atoms with Crippen molar-refractivity contribution in [3.63, 3.8) is 0 Å². The Morgan fingerprint density at radius 1 is 1.26 bits per heavy atom. The summed E-state index contributed by atoms with van der Waals surface area (Å²) in [7, 11) is 0. The van der Waals surface area contributed by atoms with E-state index in [-0.39, 0.29) is 16.7 Å². The fourth-order valence-corrected chi connectivity index (χ4v) is 1.80. The first-order chi connectivity index (χ1) is 8.97. The molecule has 0 unspecified atom stereocenters. The Hall–Kier alpha value is -2.20. The molecule has 0 bridgehead atoms. The Morgan fingerprint density at radius 3 is 2.68 bits per heavy atom. The third-order valence-electron chi connectivity index (χ3n) is 2.67. The van der Waals surface area contributed by atoms with Gasteiger partial charge in [-0.1, -0.05) is 17.7 Å². The number of amides is 1. The second kappa shape index (κ2) is 5.20. The van der Waals surface area contributed by atoms with Crippen LogP contribution in [-0.2, 0) is 0 Å². The number of carbonyl (C=O) groups is 1. The standard InChI is InChI=1S/C14H13ClN2O2/c1-8-2-4-11(16)12(6-8)17-14(19)9-3-5-13(18)10(15)7-9/h2-7,18H,16H2,1H3,(H,17,19). The molecule has 2 aromatic carbocycles. The maximum Gasteiger partial charge on any atom is 0.255 e. The number of nitrogen functional groups attached to an aromatic ring is 1. The Balaban J connectivity index is 2.25. The number of nitrogens with two attached hydrogens (primary N) is 1. The molecule has 4 nitrogen and oxygen atoms in total. The highest BCUT2D eigenvalue weighted by molar-refractivity contribution is 6.32. The SMILES string of the molecule is Cc1ccc(N)c(NC(=O)c2ccc(O)c(Cl)c2)c1. The van der Waals surface area contributed by atoms with Crippen molar-refractivity contribution < 1.29 is 9.90 Å². The Labute approximate surface area is 115 Å². The second-order valence-electron chi connectivity index (χ2n) is 4.21. The van der Waals surface area contributed by atoms with Gasteiger partial charge in [0, 0.05) is 5.56 Å². The number of hydrogen-bond acceptors (Lipinski definition) is 3. The molecule has 0 aliphatic carbocycles. The molecule has 0 spiro atoms. The van der Waals surface area contributed by atoms with Gasteiger partial charge in [0.1, 0.15) is 5.75 Å². The average molecular weight is 277 g/mol. The molecule has 0 atom stereocenters. The van der Waals surface area contributed by atoms with Crippen molar-refractivity contribution in [3.8, 4) is 5.75 Å². The molecule has 2 aromatic rings. The number of anilines is 2. The van der Waals surface area contributed by atoms with E-state index < -0.39 is 0 Å². The molecule has 0 saturated carbocycles. The normalized spacial score (nSPS) is 10.2. The van der Waals surface area contributed by atoms with Gasteiger partial charge < -0.3 is 16.2 Å². The highest BCUT2D eigenvalue weighted by Gasteiger charge is 2.10. The molecular weight excluding hydrogens is 264 g/mol. The predicted octanol–water partition coefficient (Wildman–Crippen LogP) is 3.19. The van der Waals surface area contributed by atoms with Gasteiger partial charge in [-0.2, -0.15) is 0 Å². The quantitative estimate of drug-likeness (QED) is 0.737. The second-order valence-corrected chi connectivity index (χ2v) is 4.62. The summed E-state index contributed by atoms with van der Waals surface area (Å²) >= 11 is 5.76. The van der Waals surface area contributed by atoms with E-state index >= 15 is 0 Å². The summed E-state index contributed by atoms with van der Waals surface area (Å²) in [6, 6.07) is 9.64. The smallest absolute Gasteiger partial charge is 0.255 e. The minimum Gasteiger partial charge on any atom is -0.506 e. The lowest BCUT2D eigenvalue weighted by Gasteiger charge is -2.09. The summed E-state index contributed by atoms with van der Waals surface area (Å²) in [6.07, 6.45) is 0. The molecule has 0 aliphatic rings. The number of phenols is 1. The lowest BCUT2D eigenvalue weighted by Crippen LogP contribution is -2.13. The van der Waals surface area contributed by atoms with Crippen LogP contribution in [0.5, 0.6) is 5.75 Å². The van der Waals surface area contributed by atoms with E-state index in [0.717, 1.165) is 5.56 Å². The van der Waals surface area contributed by atoms with Crippen LogP contribution in [0.3, 0.4) is 0 Å². The molecule has 5 heteroatoms. The zero-order chi connectivity index (χ0) is 14.0. The van der Waals surface area contributed by atoms with E-state index in [2.05, 4.69) is 5.32 Å². The van der Waals surface area contributed by atoms with Crippen molar-refractivity contribution in [2.45, 2.75) is 6.92 Å². The zero-order valence-corrected chi connectivity index (χ0v) is 11.0. The molecule has 1 amide bonds. The van der Waals surface area contributed by atoms with Crippen molar-refractivity contribution >= 4 is 28.9 Å². The number of halogens is 1. The lowest BCUT2D eigenvalue weighted by molar-refractivity contribution is 0.102. The van der Waals surface area contributed by atoms with Crippen LogP contribution < -0.4 is 11.1 Å². The van der Waals surface area contributed by atoms with Crippen LogP contribution in [-0.4, -0.2) is 11.0 Å². The number of carbonyl (C=O) groups excluding carboxylic acids is 1. The van der Waals surface area contributed by atoms with Crippen molar-refractivity contribution in [1.82, 2.24) is 0 Å². The molecule has 0 aromatic heterocycles. The van der Waals surface area contributed by atoms with Gasteiger partial charge in [0.25, 0.3) is 5.91 Å². The highest BCUT2D eigenvalue weighted by atomic mass is 35.5. The van der Waals surface area contributed by atoms with Crippen molar-refractivity contribution in [2.24, 2.45) is 0 Å². The minimum atomic E-state index is -0.334. The molecule has 19 heavy (non-hydrogen) atoms. The molecule has 4 N–H and O–H groups in total. The summed E-state index contributed by atoms with van der Waals surface area (Å²) < 4.78 is 0. The molecule has 2 rings (SSSR count). The number of nitrogens with one attached hydrogen (secondary N) is 1. The Morgan fingerprint density at radius 2 is 2.00 bits per heavy atom. The fraction of sp³-hybridized carbons (Fsp3) is 0.0714. The molecule has 0 saturated heterocycles. The molecule has 0 fully saturated rings. The van der Waals surface area contributed by atoms with Crippen molar-refractivity contribution in [1.29, 1.82) is 0 Å². The third-order valence-corrected chi connectivity index (χ3v) is 2.97. The Bertz CT molecular complexity index is 641. The topological polar surface area (TPSA) is 75.3 Å². The molecule has 0 heterocycles. The van der Waals surface area contributed by atoms with Gasteiger partial charge in [-0.05, 0) is 42.8 Å². The van der Waals surface area contributed by atoms with E-state index in [1.807, 2.05) is 13.0 Å². The van der Waals surface area contributed by atoms with Crippen LogP contribution >= 0.6 is 11.6 Å². The monoisotopic (exact) mass is 276 g/mol. The van der Waals surface area contributed by atoms with Crippen molar-refractivity contribution in [2.75, 3.05) is 11.1 Å². The molecule has 98 valence electrons. The predicted molar refractivity (Wildman–Crippen MR) is 76.7 cm³/mol. The first kappa shape index (κ1) is 13.2. The number of aryl methyl sites for hydroxylation is 1. The van der Waals surface area contributed by atoms with E-state index in [4.69, 9.17) is 17.3 Å². The van der Waals surface area contributed by atoms with E-state index in [1.165, 1.54) is 18.2 Å². The highest BCUT2D eigenvalue weighted by Crippen LogP contribution is 2.25. The number of phenolic OH excluding ortho intramolecular Hbond substituents is 1. The lowest BCUT2D eigenvalue weighted by atomic mass is 10.1. The first-order valence-corrected chi connectivity index (χ1v) is 6.01. The summed E-state index contributed by atoms with van der Waals surface area (Å²) in [5, 5.41) is 12.2. The minimum absolute atomic E-state index is 0.0618. The van der Waals surface area contributed by atoms with E-state index in [9.17, 15) is 9.90 Å². The third kappa shape index (κ3) is 2.98. The molecule has 0 radical (unpaired) electrons. The van der Waals surface area contributed by atoms with Crippen LogP contribution in [0.15, 0.2) is 36.4 Å². The first-order valence-electron chi connectivity index (χ1n) is 5.63. The van der Waals surface area contributed by atoms with E-state index in [0.29, 0.717) is 16.9 Å². The van der Waals surface area contributed by atoms with Crippen LogP contribution in [0.1, 0.15) is 15.9 Å². The van der Waals surface area contributed by atoms with Crippen LogP contribution in [0, 0.1) is 6.92 Å². The maximum absolute atomic E-state index is 12.0. The molecular formula is C14H13ClN2O2. The largest absolute Gasteiger partial charge is 0.506 e. The number of rotatable bonds is 2. The van der Waals surface area contributed by atoms with E-state index in [1.54, 1.807) is 12.1 Å². The number of aromatic hydroxyl groups is 1. The van der Waals surface area contributed by atoms with Crippen LogP contribution in [0.4, 0.5) is 11.4 Å². The Kier molecular flexibility index (Phi) is 3.62. The van der Waals surface area contributed by atoms with Gasteiger partial charge >= 0.3 is 0 Å². The summed E-state index contributed by atoms with van der Waals surface area (Å²) in [5.74, 6) is -0.396. The number of benzene rings is 2. The molecule has 0 aliphatic heterocycles. The van der Waals surface area contributed by atoms with Gasteiger partial charge in [0.2, 0.25) is 0 Å². The van der Waals surface area contributed by atoms with Gasteiger partial charge in [-0.3, -0.25) is 4.79 Å². The van der Waals surface area contributed by atoms with Crippen LogP contribution in [0.2, 0.25) is 5.02 Å². The average Bonchev–Trinajstić information content (AvgIpc) is 2.37. The van der Waals surface area contributed by atoms with Crippen LogP contribution in [0.25, 0.3) is 0 Å². The van der Waals surface area contributed by atoms with Gasteiger partial charge in [-0.25, -0.2) is 0 Å². The summed E-state index contributed by atoms with van der Waals surface area (Å²) in [5.41, 5.74) is 8.17. The van der Waals surface area contributed by atoms with Gasteiger partial charge in [0.05, 0.1) is 16.4 Å². The number of hydrogen-bond donors (Lipinski definition) is 3. The van der Waals surface area contributed by atoms with Gasteiger partial charge in [-0.15, -0.1) is 0 Å². The maximum atomic E-state index is 12.0. The summed E-state index contributed by atoms with van der Waals surface area (Å²) in [6.45, 7) is 1.91. The summed E-state index contributed by atoms with van der Waals surface area (Å²) in [4.78, 5) is 12.0. The zero-order valence-electron chi connectivity index (χ0n) is 10.3.